The van der Waals surface area contributed by atoms with Gasteiger partial charge in [-0.3, -0.25) is 4.98 Å². The summed E-state index contributed by atoms with van der Waals surface area (Å²) in [5.41, 5.74) is 5.11. The molecule has 0 bridgehead atoms. The van der Waals surface area contributed by atoms with Crippen molar-refractivity contribution in [2.45, 2.75) is 39.8 Å². The van der Waals surface area contributed by atoms with Crippen molar-refractivity contribution in [2.75, 3.05) is 7.05 Å². The van der Waals surface area contributed by atoms with E-state index in [1.165, 1.54) is 11.1 Å². The zero-order valence-corrected chi connectivity index (χ0v) is 15.7. The van der Waals surface area contributed by atoms with Crippen LogP contribution in [0.4, 0.5) is 4.79 Å². The molecule has 1 aromatic carbocycles. The second kappa shape index (κ2) is 7.56. The average Bonchev–Trinajstić information content (AvgIpc) is 3.05. The fraction of sp³-hybridized carbons (Fsp3) is 0.350. The minimum Gasteiger partial charge on any atom is -0.340 e. The second-order valence-electron chi connectivity index (χ2n) is 6.68. The maximum Gasteiger partial charge on any atom is 0.318 e. The summed E-state index contributed by atoms with van der Waals surface area (Å²) in [5.74, 6) is 0.748. The summed E-state index contributed by atoms with van der Waals surface area (Å²) in [5, 5.41) is 2.98. The number of amides is 2. The van der Waals surface area contributed by atoms with Crippen LogP contribution in [0, 0.1) is 6.92 Å². The van der Waals surface area contributed by atoms with Gasteiger partial charge in [-0.25, -0.2) is 9.78 Å². The molecule has 0 aliphatic rings. The Morgan fingerprint density at radius 2 is 2.12 bits per heavy atom. The quantitative estimate of drug-likeness (QED) is 0.735. The molecule has 2 amide bonds. The number of rotatable bonds is 5. The predicted octanol–water partition coefficient (Wildman–Crippen LogP) is 3.73. The number of pyridine rings is 1. The number of H-pyrrole nitrogens is 1. The summed E-state index contributed by atoms with van der Waals surface area (Å²) in [7, 11) is 1.76. The number of urea groups is 1. The molecule has 0 fully saturated rings. The molecular weight excluding hydrogens is 326 g/mol. The second-order valence-corrected chi connectivity index (χ2v) is 6.68. The molecule has 6 nitrogen and oxygen atoms in total. The molecule has 3 aromatic rings. The molecule has 6 heteroatoms. The molecule has 2 heterocycles. The van der Waals surface area contributed by atoms with Crippen LogP contribution in [-0.4, -0.2) is 32.9 Å². The van der Waals surface area contributed by atoms with Crippen LogP contribution in [0.5, 0.6) is 0 Å². The number of aromatic amines is 1. The Bertz CT molecular complexity index is 900. The highest BCUT2D eigenvalue weighted by atomic mass is 16.2. The van der Waals surface area contributed by atoms with Crippen molar-refractivity contribution in [2.24, 2.45) is 0 Å². The normalized spacial score (nSPS) is 12.2. The van der Waals surface area contributed by atoms with Crippen molar-refractivity contribution >= 4 is 17.1 Å². The van der Waals surface area contributed by atoms with Crippen LogP contribution >= 0.6 is 0 Å². The van der Waals surface area contributed by atoms with Crippen molar-refractivity contribution in [3.05, 3.63) is 59.2 Å². The Hall–Kier alpha value is -2.89. The molecule has 0 aliphatic carbocycles. The molecule has 3 rings (SSSR count). The zero-order valence-electron chi connectivity index (χ0n) is 15.7. The lowest BCUT2D eigenvalue weighted by Crippen LogP contribution is -2.38. The number of imidazole rings is 1. The van der Waals surface area contributed by atoms with Crippen LogP contribution in [0.1, 0.15) is 42.5 Å². The number of benzene rings is 1. The molecule has 0 aliphatic heterocycles. The summed E-state index contributed by atoms with van der Waals surface area (Å²) in [6.45, 7) is 6.52. The third-order valence-electron chi connectivity index (χ3n) is 4.45. The summed E-state index contributed by atoms with van der Waals surface area (Å²) in [4.78, 5) is 26.4. The van der Waals surface area contributed by atoms with E-state index in [9.17, 15) is 4.79 Å². The van der Waals surface area contributed by atoms with E-state index in [-0.39, 0.29) is 12.1 Å². The summed E-state index contributed by atoms with van der Waals surface area (Å²) in [6, 6.07) is 9.71. The van der Waals surface area contributed by atoms with Crippen LogP contribution < -0.4 is 5.32 Å². The number of hydrogen-bond donors (Lipinski definition) is 2. The highest BCUT2D eigenvalue weighted by molar-refractivity contribution is 5.77. The first-order valence-corrected chi connectivity index (χ1v) is 8.88. The molecule has 0 radical (unpaired) electrons. The van der Waals surface area contributed by atoms with Crippen LogP contribution in [0.15, 0.2) is 36.5 Å². The molecule has 0 spiro atoms. The van der Waals surface area contributed by atoms with Gasteiger partial charge in [0.2, 0.25) is 0 Å². The van der Waals surface area contributed by atoms with Crippen LogP contribution in [-0.2, 0) is 13.0 Å². The number of carbonyl (C=O) groups is 1. The fourth-order valence-electron chi connectivity index (χ4n) is 2.78. The Morgan fingerprint density at radius 1 is 1.31 bits per heavy atom. The number of fused-ring (bicyclic) bond motifs is 1. The summed E-state index contributed by atoms with van der Waals surface area (Å²) < 4.78 is 0. The van der Waals surface area contributed by atoms with Gasteiger partial charge in [-0.15, -0.1) is 0 Å². The molecule has 2 N–H and O–H groups in total. The van der Waals surface area contributed by atoms with Crippen molar-refractivity contribution < 1.29 is 4.79 Å². The lowest BCUT2D eigenvalue weighted by Gasteiger charge is -2.20. The van der Waals surface area contributed by atoms with E-state index in [0.717, 1.165) is 29.0 Å². The van der Waals surface area contributed by atoms with Gasteiger partial charge in [0.05, 0.1) is 29.3 Å². The highest BCUT2D eigenvalue weighted by Crippen LogP contribution is 2.17. The third kappa shape index (κ3) is 4.02. The van der Waals surface area contributed by atoms with Gasteiger partial charge in [-0.2, -0.15) is 0 Å². The number of nitrogens with one attached hydrogen (secondary N) is 2. The first kappa shape index (κ1) is 17.9. The fourth-order valence-corrected chi connectivity index (χ4v) is 2.78. The monoisotopic (exact) mass is 351 g/mol. The highest BCUT2D eigenvalue weighted by Gasteiger charge is 2.16. The van der Waals surface area contributed by atoms with Gasteiger partial charge < -0.3 is 15.2 Å². The van der Waals surface area contributed by atoms with Crippen LogP contribution in [0.3, 0.4) is 0 Å². The van der Waals surface area contributed by atoms with Crippen molar-refractivity contribution in [3.63, 3.8) is 0 Å². The smallest absolute Gasteiger partial charge is 0.318 e. The Morgan fingerprint density at radius 3 is 2.81 bits per heavy atom. The zero-order chi connectivity index (χ0) is 18.7. The van der Waals surface area contributed by atoms with E-state index in [4.69, 9.17) is 0 Å². The van der Waals surface area contributed by atoms with Crippen molar-refractivity contribution in [1.29, 1.82) is 0 Å². The number of carbonyl (C=O) groups excluding carboxylic acids is 1. The van der Waals surface area contributed by atoms with Gasteiger partial charge in [-0.1, -0.05) is 19.1 Å². The third-order valence-corrected chi connectivity index (χ3v) is 4.45. The van der Waals surface area contributed by atoms with E-state index in [0.29, 0.717) is 6.54 Å². The minimum atomic E-state index is -0.215. The van der Waals surface area contributed by atoms with Crippen LogP contribution in [0.25, 0.3) is 11.0 Å². The summed E-state index contributed by atoms with van der Waals surface area (Å²) >= 11 is 0. The van der Waals surface area contributed by atoms with E-state index < -0.39 is 0 Å². The van der Waals surface area contributed by atoms with Crippen LogP contribution in [0.2, 0.25) is 0 Å². The van der Waals surface area contributed by atoms with Gasteiger partial charge >= 0.3 is 6.03 Å². The Balaban J connectivity index is 1.63. The molecule has 0 saturated heterocycles. The molecule has 0 unspecified atom stereocenters. The largest absolute Gasteiger partial charge is 0.340 e. The molecule has 1 atom stereocenters. The van der Waals surface area contributed by atoms with E-state index >= 15 is 0 Å². The van der Waals surface area contributed by atoms with Gasteiger partial charge in [0.25, 0.3) is 0 Å². The van der Waals surface area contributed by atoms with E-state index in [1.807, 2.05) is 44.3 Å². The first-order valence-electron chi connectivity index (χ1n) is 8.88. The maximum atomic E-state index is 12.5. The lowest BCUT2D eigenvalue weighted by atomic mass is 10.2. The van der Waals surface area contributed by atoms with Crippen molar-refractivity contribution in [3.8, 4) is 0 Å². The standard InChI is InChI=1S/C20H25N5O/c1-5-15-7-8-16(21-11-15)12-25(4)20(26)22-14(3)19-23-17-9-6-13(2)10-18(17)24-19/h6-11,14H,5,12H2,1-4H3,(H,22,26)(H,23,24)/t14-/m0/s1. The topological polar surface area (TPSA) is 73.9 Å². The Kier molecular flexibility index (Phi) is 5.21. The molecule has 0 saturated carbocycles. The predicted molar refractivity (Wildman–Crippen MR) is 103 cm³/mol. The minimum absolute atomic E-state index is 0.157. The van der Waals surface area contributed by atoms with E-state index in [1.54, 1.807) is 11.9 Å². The lowest BCUT2D eigenvalue weighted by molar-refractivity contribution is 0.202. The van der Waals surface area contributed by atoms with E-state index in [2.05, 4.69) is 33.3 Å². The molecule has 2 aromatic heterocycles. The average molecular weight is 351 g/mol. The number of aryl methyl sites for hydroxylation is 2. The number of hydrogen-bond acceptors (Lipinski definition) is 3. The SMILES string of the molecule is CCc1ccc(CN(C)C(=O)N[C@@H](C)c2nc3ccc(C)cc3[nH]2)nc1. The van der Waals surface area contributed by atoms with Gasteiger partial charge in [0.15, 0.2) is 0 Å². The van der Waals surface area contributed by atoms with Crippen molar-refractivity contribution in [1.82, 2.24) is 25.2 Å². The molecular formula is C20H25N5O. The molecule has 136 valence electrons. The maximum absolute atomic E-state index is 12.5. The van der Waals surface area contributed by atoms with Gasteiger partial charge in [0.1, 0.15) is 5.82 Å². The summed E-state index contributed by atoms with van der Waals surface area (Å²) in [6.07, 6.45) is 2.82. The number of nitrogens with zero attached hydrogens (tertiary/aromatic N) is 3. The van der Waals surface area contributed by atoms with Gasteiger partial charge in [-0.05, 0) is 49.6 Å². The number of aromatic nitrogens is 3. The first-order chi connectivity index (χ1) is 12.5. The molecule has 26 heavy (non-hydrogen) atoms. The Labute approximate surface area is 153 Å². The van der Waals surface area contributed by atoms with Gasteiger partial charge in [0, 0.05) is 13.2 Å².